The summed E-state index contributed by atoms with van der Waals surface area (Å²) < 4.78 is 0. The minimum absolute atomic E-state index is 0. The molecule has 0 bridgehead atoms. The topological polar surface area (TPSA) is 0 Å². The number of benzene rings is 1. The Morgan fingerprint density at radius 3 is 2.50 bits per heavy atom. The van der Waals surface area contributed by atoms with E-state index in [0.717, 1.165) is 12.8 Å². The number of rotatable bonds is 3. The van der Waals surface area contributed by atoms with E-state index in [1.165, 1.54) is 11.1 Å². The van der Waals surface area contributed by atoms with Crippen LogP contribution in [0.25, 0.3) is 6.08 Å². The fourth-order valence-corrected chi connectivity index (χ4v) is 1.17. The van der Waals surface area contributed by atoms with E-state index in [0.29, 0.717) is 0 Å². The third-order valence-corrected chi connectivity index (χ3v) is 1.86. The summed E-state index contributed by atoms with van der Waals surface area (Å²) in [6.45, 7) is 6.03. The molecule has 14 heavy (non-hydrogen) atoms. The predicted molar refractivity (Wildman–Crippen MR) is 61.2 cm³/mol. The Hall–Kier alpha value is 0.0119. The summed E-state index contributed by atoms with van der Waals surface area (Å²) in [6, 6.07) is 8.38. The van der Waals surface area contributed by atoms with Gasteiger partial charge in [-0.3, -0.25) is 0 Å². The van der Waals surface area contributed by atoms with E-state index in [2.05, 4.69) is 50.3 Å². The standard InChI is InChI=1S/C12H15.CH3.U/c1-3-5-8-12-10-7-6-9-11(12)4-2;;/h5-10H,2-4H2,1H3;1H3;/q2*-1;+2/b8-5-;;. The van der Waals surface area contributed by atoms with Gasteiger partial charge in [-0.1, -0.05) is 48.9 Å². The molecule has 0 fully saturated rings. The Labute approximate surface area is 112 Å². The van der Waals surface area contributed by atoms with Crippen LogP contribution in [0.3, 0.4) is 0 Å². The van der Waals surface area contributed by atoms with E-state index >= 15 is 0 Å². The Bertz CT molecular complexity index is 264. The molecule has 0 aliphatic heterocycles. The number of hydrogen-bond acceptors (Lipinski definition) is 0. The molecule has 1 aromatic carbocycles. The van der Waals surface area contributed by atoms with E-state index in [9.17, 15) is 0 Å². The molecule has 0 saturated heterocycles. The molecule has 0 saturated carbocycles. The first-order chi connectivity index (χ1) is 5.88. The largest absolute Gasteiger partial charge is 2.00 e. The Morgan fingerprint density at radius 2 is 1.93 bits per heavy atom. The molecule has 1 heteroatoms. The van der Waals surface area contributed by atoms with Gasteiger partial charge in [0, 0.05) is 0 Å². The summed E-state index contributed by atoms with van der Waals surface area (Å²) in [6.07, 6.45) is 6.30. The van der Waals surface area contributed by atoms with Crippen LogP contribution in [0.4, 0.5) is 0 Å². The summed E-state index contributed by atoms with van der Waals surface area (Å²) in [7, 11) is 0. The molecule has 0 unspecified atom stereocenters. The molecule has 0 radical (unpaired) electrons. The van der Waals surface area contributed by atoms with E-state index in [1.54, 1.807) is 0 Å². The molecule has 0 aromatic heterocycles. The van der Waals surface area contributed by atoms with Gasteiger partial charge in [0.1, 0.15) is 0 Å². The van der Waals surface area contributed by atoms with E-state index in [-0.39, 0.29) is 38.5 Å². The molecule has 0 aliphatic rings. The molecule has 0 heterocycles. The maximum absolute atomic E-state index is 3.89. The molecular formula is C13H18U. The van der Waals surface area contributed by atoms with E-state index in [1.807, 2.05) is 0 Å². The number of hydrogen-bond donors (Lipinski definition) is 0. The van der Waals surface area contributed by atoms with Gasteiger partial charge >= 0.3 is 31.1 Å². The first-order valence-electron chi connectivity index (χ1n) is 4.42. The minimum Gasteiger partial charge on any atom is -0.358 e. The molecule has 0 atom stereocenters. The van der Waals surface area contributed by atoms with Crippen LogP contribution >= 0.6 is 0 Å². The molecule has 0 spiro atoms. The normalized spacial score (nSPS) is 9.29. The van der Waals surface area contributed by atoms with Crippen molar-refractivity contribution in [1.29, 1.82) is 0 Å². The second kappa shape index (κ2) is 9.56. The van der Waals surface area contributed by atoms with Gasteiger partial charge in [0.05, 0.1) is 0 Å². The fraction of sp³-hybridized carbons (Fsp3) is 0.231. The molecule has 0 amide bonds. The van der Waals surface area contributed by atoms with Crippen molar-refractivity contribution < 1.29 is 31.1 Å². The smallest absolute Gasteiger partial charge is 0.358 e. The van der Waals surface area contributed by atoms with Gasteiger partial charge < -0.3 is 14.4 Å². The SMILES string of the molecule is [CH2-]Cc1ccccc1/C=C\CC.[CH3-].[U+2]. The van der Waals surface area contributed by atoms with E-state index in [4.69, 9.17) is 0 Å². The minimum atomic E-state index is 0. The zero-order chi connectivity index (χ0) is 8.81. The summed E-state index contributed by atoms with van der Waals surface area (Å²) in [4.78, 5) is 0. The van der Waals surface area contributed by atoms with Gasteiger partial charge in [0.15, 0.2) is 0 Å². The van der Waals surface area contributed by atoms with Gasteiger partial charge in [-0.2, -0.15) is 6.42 Å². The van der Waals surface area contributed by atoms with Gasteiger partial charge in [-0.15, -0.1) is 0 Å². The average molecular weight is 412 g/mol. The third kappa shape index (κ3) is 5.03. The van der Waals surface area contributed by atoms with Crippen LogP contribution in [-0.2, 0) is 6.42 Å². The molecule has 0 nitrogen and oxygen atoms in total. The second-order valence-electron chi connectivity index (χ2n) is 2.76. The van der Waals surface area contributed by atoms with Crippen LogP contribution in [0.15, 0.2) is 30.3 Å². The monoisotopic (exact) mass is 412 g/mol. The first-order valence-corrected chi connectivity index (χ1v) is 4.42. The van der Waals surface area contributed by atoms with Crippen molar-refractivity contribution in [1.82, 2.24) is 0 Å². The molecule has 74 valence electrons. The van der Waals surface area contributed by atoms with Gasteiger partial charge in [-0.05, 0) is 12.0 Å². The van der Waals surface area contributed by atoms with Crippen molar-refractivity contribution in [2.75, 3.05) is 0 Å². The zero-order valence-corrected chi connectivity index (χ0v) is 13.2. The van der Waals surface area contributed by atoms with Crippen LogP contribution in [0, 0.1) is 45.5 Å². The van der Waals surface area contributed by atoms with Crippen LogP contribution in [0.5, 0.6) is 0 Å². The van der Waals surface area contributed by atoms with Crippen LogP contribution in [0.1, 0.15) is 24.5 Å². The maximum atomic E-state index is 3.89. The fourth-order valence-electron chi connectivity index (χ4n) is 1.17. The Balaban J connectivity index is 0. The van der Waals surface area contributed by atoms with Crippen molar-refractivity contribution in [2.24, 2.45) is 0 Å². The van der Waals surface area contributed by atoms with Gasteiger partial charge in [0.25, 0.3) is 0 Å². The van der Waals surface area contributed by atoms with Crippen LogP contribution in [0.2, 0.25) is 0 Å². The van der Waals surface area contributed by atoms with Gasteiger partial charge in [-0.25, -0.2) is 0 Å². The van der Waals surface area contributed by atoms with E-state index < -0.39 is 0 Å². The Morgan fingerprint density at radius 1 is 1.29 bits per heavy atom. The molecular weight excluding hydrogens is 394 g/mol. The molecule has 1 aromatic rings. The molecule has 0 aliphatic carbocycles. The number of allylic oxidation sites excluding steroid dienone is 1. The summed E-state index contributed by atoms with van der Waals surface area (Å²) in [5.74, 6) is 0. The Kier molecular flexibility index (Phi) is 11.2. The van der Waals surface area contributed by atoms with Crippen LogP contribution < -0.4 is 0 Å². The van der Waals surface area contributed by atoms with Crippen molar-refractivity contribution in [3.63, 3.8) is 0 Å². The summed E-state index contributed by atoms with van der Waals surface area (Å²) >= 11 is 0. The summed E-state index contributed by atoms with van der Waals surface area (Å²) in [5.41, 5.74) is 2.62. The predicted octanol–water partition coefficient (Wildman–Crippen LogP) is 3.94. The second-order valence-corrected chi connectivity index (χ2v) is 2.76. The molecule has 1 rings (SSSR count). The quantitative estimate of drug-likeness (QED) is 0.660. The third-order valence-electron chi connectivity index (χ3n) is 1.86. The van der Waals surface area contributed by atoms with Gasteiger partial charge in [0.2, 0.25) is 0 Å². The van der Waals surface area contributed by atoms with Crippen LogP contribution in [-0.4, -0.2) is 0 Å². The average Bonchev–Trinajstić information content (AvgIpc) is 2.15. The summed E-state index contributed by atoms with van der Waals surface area (Å²) in [5, 5.41) is 0. The van der Waals surface area contributed by atoms with Crippen molar-refractivity contribution in [2.45, 2.75) is 19.8 Å². The zero-order valence-electron chi connectivity index (χ0n) is 9.09. The maximum Gasteiger partial charge on any atom is 2.00 e. The van der Waals surface area contributed by atoms with Crippen molar-refractivity contribution in [3.05, 3.63) is 55.8 Å². The van der Waals surface area contributed by atoms with Crippen molar-refractivity contribution >= 4 is 6.08 Å². The molecule has 0 N–H and O–H groups in total. The van der Waals surface area contributed by atoms with Crippen molar-refractivity contribution in [3.8, 4) is 0 Å². The first kappa shape index (κ1) is 16.4.